The summed E-state index contributed by atoms with van der Waals surface area (Å²) in [6, 6.07) is 22.9. The van der Waals surface area contributed by atoms with Crippen LogP contribution in [0.1, 0.15) is 26.6 Å². The Labute approximate surface area is 200 Å². The molecule has 5 nitrogen and oxygen atoms in total. The Hall–Kier alpha value is -3.74. The molecule has 0 unspecified atom stereocenters. The third kappa shape index (κ3) is 4.58. The first-order valence-electron chi connectivity index (χ1n) is 10.3. The lowest BCUT2D eigenvalue weighted by Gasteiger charge is -2.05. The van der Waals surface area contributed by atoms with Crippen molar-refractivity contribution in [3.05, 3.63) is 106 Å². The number of halogens is 1. The molecule has 0 aliphatic carbocycles. The Morgan fingerprint density at radius 3 is 2.67 bits per heavy atom. The van der Waals surface area contributed by atoms with E-state index in [9.17, 15) is 4.79 Å². The fourth-order valence-corrected chi connectivity index (χ4v) is 4.69. The zero-order valence-electron chi connectivity index (χ0n) is 17.7. The van der Waals surface area contributed by atoms with Crippen LogP contribution in [-0.4, -0.2) is 20.7 Å². The highest BCUT2D eigenvalue weighted by atomic mass is 35.5. The molecule has 0 aliphatic heterocycles. The van der Waals surface area contributed by atoms with Gasteiger partial charge in [0.2, 0.25) is 0 Å². The third-order valence-electron chi connectivity index (χ3n) is 5.12. The molecule has 0 saturated carbocycles. The molecule has 7 heteroatoms. The molecule has 0 atom stereocenters. The number of fused-ring (bicyclic) bond motifs is 1. The Morgan fingerprint density at radius 1 is 1.03 bits per heavy atom. The van der Waals surface area contributed by atoms with Gasteiger partial charge in [-0.3, -0.25) is 9.78 Å². The lowest BCUT2D eigenvalue weighted by Crippen LogP contribution is -2.10. The molecule has 1 amide bonds. The van der Waals surface area contributed by atoms with E-state index >= 15 is 0 Å². The highest BCUT2D eigenvalue weighted by Crippen LogP contribution is 2.31. The molecule has 162 valence electrons. The maximum atomic E-state index is 13.0. The number of aromatic nitrogens is 3. The van der Waals surface area contributed by atoms with Gasteiger partial charge >= 0.3 is 0 Å². The molecular weight excluding hydrogens is 452 g/mol. The number of nitrogens with one attached hydrogen (secondary N) is 1. The predicted molar refractivity (Wildman–Crippen MR) is 136 cm³/mol. The number of hydrogen-bond donors (Lipinski definition) is 1. The molecule has 3 heterocycles. The summed E-state index contributed by atoms with van der Waals surface area (Å²) in [6.45, 7) is 1.94. The molecule has 0 aliphatic rings. The van der Waals surface area contributed by atoms with Crippen molar-refractivity contribution in [2.45, 2.75) is 6.92 Å². The van der Waals surface area contributed by atoms with Crippen LogP contribution in [0.4, 0.5) is 5.69 Å². The van der Waals surface area contributed by atoms with E-state index in [1.165, 1.54) is 11.3 Å². The Balaban J connectivity index is 1.38. The molecule has 0 spiro atoms. The van der Waals surface area contributed by atoms with Gasteiger partial charge in [0.15, 0.2) is 0 Å². The van der Waals surface area contributed by atoms with Gasteiger partial charge < -0.3 is 5.32 Å². The highest BCUT2D eigenvalue weighted by molar-refractivity contribution is 7.20. The van der Waals surface area contributed by atoms with E-state index in [2.05, 4.69) is 15.4 Å². The Kier molecular flexibility index (Phi) is 5.77. The van der Waals surface area contributed by atoms with Gasteiger partial charge in [0.1, 0.15) is 4.83 Å². The minimum atomic E-state index is -0.149. The normalized spacial score (nSPS) is 11.3. The van der Waals surface area contributed by atoms with Gasteiger partial charge in [-0.2, -0.15) is 5.10 Å². The van der Waals surface area contributed by atoms with Crippen molar-refractivity contribution in [2.24, 2.45) is 0 Å². The van der Waals surface area contributed by atoms with E-state index in [0.29, 0.717) is 9.90 Å². The van der Waals surface area contributed by atoms with E-state index < -0.39 is 0 Å². The summed E-state index contributed by atoms with van der Waals surface area (Å²) in [5, 5.41) is 9.27. The summed E-state index contributed by atoms with van der Waals surface area (Å²) in [4.78, 5) is 18.8. The van der Waals surface area contributed by atoms with Gasteiger partial charge in [-0.25, -0.2) is 4.68 Å². The highest BCUT2D eigenvalue weighted by Gasteiger charge is 2.17. The zero-order valence-corrected chi connectivity index (χ0v) is 19.3. The quantitative estimate of drug-likeness (QED) is 0.305. The van der Waals surface area contributed by atoms with Crippen LogP contribution in [-0.2, 0) is 0 Å². The predicted octanol–water partition coefficient (Wildman–Crippen LogP) is 6.87. The van der Waals surface area contributed by atoms with Crippen LogP contribution in [0, 0.1) is 6.92 Å². The van der Waals surface area contributed by atoms with Crippen LogP contribution in [0.15, 0.2) is 79.0 Å². The van der Waals surface area contributed by atoms with Crippen molar-refractivity contribution in [3.8, 4) is 5.69 Å². The molecule has 0 radical (unpaired) electrons. The molecule has 3 aromatic heterocycles. The Morgan fingerprint density at radius 2 is 1.88 bits per heavy atom. The minimum Gasteiger partial charge on any atom is -0.321 e. The number of hydrogen-bond acceptors (Lipinski definition) is 4. The maximum Gasteiger partial charge on any atom is 0.265 e. The number of anilines is 1. The molecule has 33 heavy (non-hydrogen) atoms. The zero-order chi connectivity index (χ0) is 22.8. The number of benzene rings is 2. The van der Waals surface area contributed by atoms with Gasteiger partial charge in [0.25, 0.3) is 5.91 Å². The van der Waals surface area contributed by atoms with Crippen molar-refractivity contribution >= 4 is 56.9 Å². The molecule has 0 saturated heterocycles. The van der Waals surface area contributed by atoms with Crippen molar-refractivity contribution in [2.75, 3.05) is 5.32 Å². The molecule has 0 bridgehead atoms. The van der Waals surface area contributed by atoms with Crippen molar-refractivity contribution in [1.82, 2.24) is 14.8 Å². The van der Waals surface area contributed by atoms with Gasteiger partial charge in [-0.15, -0.1) is 11.3 Å². The van der Waals surface area contributed by atoms with E-state index in [1.807, 2.05) is 96.6 Å². The summed E-state index contributed by atoms with van der Waals surface area (Å²) in [6.07, 6.45) is 5.68. The second-order valence-corrected chi connectivity index (χ2v) is 8.94. The number of rotatable bonds is 5. The first-order chi connectivity index (χ1) is 16.1. The second-order valence-electron chi connectivity index (χ2n) is 7.47. The number of carbonyl (C=O) groups is 1. The van der Waals surface area contributed by atoms with Crippen LogP contribution in [0.2, 0.25) is 5.02 Å². The molecule has 0 fully saturated rings. The van der Waals surface area contributed by atoms with E-state index in [-0.39, 0.29) is 5.91 Å². The van der Waals surface area contributed by atoms with Gasteiger partial charge in [0.05, 0.1) is 22.0 Å². The molecule has 2 aromatic carbocycles. The number of thiophene rings is 1. The second kappa shape index (κ2) is 9.02. The third-order valence-corrected chi connectivity index (χ3v) is 6.48. The topological polar surface area (TPSA) is 59.8 Å². The monoisotopic (exact) mass is 470 g/mol. The molecule has 1 N–H and O–H groups in total. The van der Waals surface area contributed by atoms with Crippen molar-refractivity contribution < 1.29 is 4.79 Å². The van der Waals surface area contributed by atoms with Crippen molar-refractivity contribution in [3.63, 3.8) is 0 Å². The summed E-state index contributed by atoms with van der Waals surface area (Å²) < 4.78 is 1.85. The summed E-state index contributed by atoms with van der Waals surface area (Å²) >= 11 is 7.44. The Bertz CT molecular complexity index is 1470. The van der Waals surface area contributed by atoms with Gasteiger partial charge in [-0.1, -0.05) is 35.9 Å². The number of aryl methyl sites for hydroxylation is 1. The molecular formula is C26H19ClN4OS. The van der Waals surface area contributed by atoms with Crippen LogP contribution in [0.25, 0.3) is 28.1 Å². The lowest BCUT2D eigenvalue weighted by molar-refractivity contribution is 0.103. The van der Waals surface area contributed by atoms with Gasteiger partial charge in [0, 0.05) is 22.3 Å². The number of pyridine rings is 1. The minimum absolute atomic E-state index is 0.149. The maximum absolute atomic E-state index is 13.0. The lowest BCUT2D eigenvalue weighted by atomic mass is 10.1. The fourth-order valence-electron chi connectivity index (χ4n) is 3.49. The number of nitrogens with zero attached hydrogens (tertiary/aromatic N) is 3. The largest absolute Gasteiger partial charge is 0.321 e. The average molecular weight is 471 g/mol. The summed E-state index contributed by atoms with van der Waals surface area (Å²) in [7, 11) is 0. The molecule has 5 rings (SSSR count). The van der Waals surface area contributed by atoms with E-state index in [1.54, 1.807) is 6.20 Å². The van der Waals surface area contributed by atoms with E-state index in [0.717, 1.165) is 38.5 Å². The van der Waals surface area contributed by atoms with Crippen LogP contribution >= 0.6 is 22.9 Å². The SMILES string of the molecule is Cc1nn(-c2ccc(Cl)cc2)c2sc(C(=O)Nc3cccc(C=Cc4ccccn4)c3)cc12. The van der Waals surface area contributed by atoms with E-state index in [4.69, 9.17) is 11.6 Å². The van der Waals surface area contributed by atoms with Gasteiger partial charge in [-0.05, 0) is 73.2 Å². The van der Waals surface area contributed by atoms with Crippen LogP contribution in [0.3, 0.4) is 0 Å². The number of amides is 1. The first-order valence-corrected chi connectivity index (χ1v) is 11.5. The fraction of sp³-hybridized carbons (Fsp3) is 0.0385. The summed E-state index contributed by atoms with van der Waals surface area (Å²) in [5.41, 5.74) is 4.36. The average Bonchev–Trinajstić information content (AvgIpc) is 3.40. The van der Waals surface area contributed by atoms with Crippen LogP contribution in [0.5, 0.6) is 0 Å². The smallest absolute Gasteiger partial charge is 0.265 e. The standard InChI is InChI=1S/C26H19ClN4OS/c1-17-23-16-24(33-26(23)31(30-17)22-12-9-19(27)10-13-22)25(32)29-21-7-4-5-18(15-21)8-11-20-6-2-3-14-28-20/h2-16H,1H3,(H,29,32). The molecule has 5 aromatic rings. The number of carbonyl (C=O) groups excluding carboxylic acids is 1. The van der Waals surface area contributed by atoms with Crippen molar-refractivity contribution in [1.29, 1.82) is 0 Å². The summed E-state index contributed by atoms with van der Waals surface area (Å²) in [5.74, 6) is -0.149. The van der Waals surface area contributed by atoms with Crippen LogP contribution < -0.4 is 5.32 Å². The first kappa shape index (κ1) is 21.1.